The standard InChI is InChI=1S/C23H28N4/c1-2-19-8-10-21(11-9-19)22-16-24-12-14-26(22)18-23-25-13-15-27(23)17-20-6-4-3-5-7-20/h3-11,13,15,22,24H,2,12,14,16-18H2,1H3. The highest BCUT2D eigenvalue weighted by Gasteiger charge is 2.25. The molecular weight excluding hydrogens is 332 g/mol. The minimum Gasteiger partial charge on any atom is -0.329 e. The zero-order valence-electron chi connectivity index (χ0n) is 16.0. The molecule has 0 spiro atoms. The molecule has 1 aromatic heterocycles. The van der Waals surface area contributed by atoms with Gasteiger partial charge in [0.15, 0.2) is 0 Å². The van der Waals surface area contributed by atoms with Crippen LogP contribution in [0.3, 0.4) is 0 Å². The molecule has 3 aromatic rings. The fraction of sp³-hybridized carbons (Fsp3) is 0.348. The van der Waals surface area contributed by atoms with Crippen molar-refractivity contribution in [3.05, 3.63) is 89.5 Å². The largest absolute Gasteiger partial charge is 0.329 e. The van der Waals surface area contributed by atoms with Crippen molar-refractivity contribution in [2.45, 2.75) is 32.5 Å². The van der Waals surface area contributed by atoms with Gasteiger partial charge in [0.05, 0.1) is 6.54 Å². The van der Waals surface area contributed by atoms with Crippen molar-refractivity contribution in [3.63, 3.8) is 0 Å². The molecule has 1 aliphatic heterocycles. The Kier molecular flexibility index (Phi) is 5.66. The number of nitrogens with one attached hydrogen (secondary N) is 1. The molecule has 1 atom stereocenters. The smallest absolute Gasteiger partial charge is 0.123 e. The van der Waals surface area contributed by atoms with Crippen molar-refractivity contribution in [1.82, 2.24) is 19.8 Å². The third kappa shape index (κ3) is 4.29. The molecule has 2 aromatic carbocycles. The average molecular weight is 361 g/mol. The van der Waals surface area contributed by atoms with Gasteiger partial charge in [-0.1, -0.05) is 61.5 Å². The van der Waals surface area contributed by atoms with Gasteiger partial charge in [-0.2, -0.15) is 0 Å². The van der Waals surface area contributed by atoms with Crippen LogP contribution >= 0.6 is 0 Å². The number of rotatable bonds is 6. The molecule has 0 aliphatic carbocycles. The van der Waals surface area contributed by atoms with Gasteiger partial charge in [-0.3, -0.25) is 4.90 Å². The summed E-state index contributed by atoms with van der Waals surface area (Å²) in [6, 6.07) is 20.1. The van der Waals surface area contributed by atoms with Crippen LogP contribution in [0, 0.1) is 0 Å². The number of aryl methyl sites for hydroxylation is 1. The van der Waals surface area contributed by atoms with Crippen molar-refractivity contribution in [2.24, 2.45) is 0 Å². The Morgan fingerprint density at radius 3 is 2.59 bits per heavy atom. The summed E-state index contributed by atoms with van der Waals surface area (Å²) in [6.07, 6.45) is 5.10. The first-order chi connectivity index (χ1) is 13.3. The molecule has 0 bridgehead atoms. The van der Waals surface area contributed by atoms with E-state index in [4.69, 9.17) is 0 Å². The van der Waals surface area contributed by atoms with Gasteiger partial charge in [0.25, 0.3) is 0 Å². The third-order valence-corrected chi connectivity index (χ3v) is 5.47. The topological polar surface area (TPSA) is 33.1 Å². The average Bonchev–Trinajstić information content (AvgIpc) is 3.16. The van der Waals surface area contributed by atoms with Crippen molar-refractivity contribution < 1.29 is 0 Å². The van der Waals surface area contributed by atoms with E-state index in [9.17, 15) is 0 Å². The molecule has 0 radical (unpaired) electrons. The van der Waals surface area contributed by atoms with Crippen molar-refractivity contribution >= 4 is 0 Å². The molecule has 2 heterocycles. The second-order valence-corrected chi connectivity index (χ2v) is 7.24. The third-order valence-electron chi connectivity index (χ3n) is 5.47. The SMILES string of the molecule is CCc1ccc(C2CNCCN2Cc2nccn2Cc2ccccc2)cc1. The van der Waals surface area contributed by atoms with Crippen molar-refractivity contribution in [3.8, 4) is 0 Å². The summed E-state index contributed by atoms with van der Waals surface area (Å²) in [7, 11) is 0. The first-order valence-electron chi connectivity index (χ1n) is 9.91. The molecule has 1 unspecified atom stereocenters. The number of imidazole rings is 1. The van der Waals surface area contributed by atoms with E-state index in [-0.39, 0.29) is 0 Å². The fourth-order valence-corrected chi connectivity index (χ4v) is 3.84. The minimum atomic E-state index is 0.395. The highest BCUT2D eigenvalue weighted by Crippen LogP contribution is 2.24. The van der Waals surface area contributed by atoms with Crippen LogP contribution < -0.4 is 5.32 Å². The summed E-state index contributed by atoms with van der Waals surface area (Å²) in [4.78, 5) is 7.22. The number of hydrogen-bond acceptors (Lipinski definition) is 3. The normalized spacial score (nSPS) is 17.9. The summed E-state index contributed by atoms with van der Waals surface area (Å²) in [6.45, 7) is 7.02. The van der Waals surface area contributed by atoms with E-state index < -0.39 is 0 Å². The highest BCUT2D eigenvalue weighted by molar-refractivity contribution is 5.26. The lowest BCUT2D eigenvalue weighted by Crippen LogP contribution is -2.45. The molecule has 27 heavy (non-hydrogen) atoms. The number of aromatic nitrogens is 2. The van der Waals surface area contributed by atoms with Gasteiger partial charge in [-0.25, -0.2) is 4.98 Å². The molecule has 0 saturated carbocycles. The van der Waals surface area contributed by atoms with E-state index in [1.165, 1.54) is 16.7 Å². The molecule has 4 rings (SSSR count). The predicted molar refractivity (Wildman–Crippen MR) is 110 cm³/mol. The maximum absolute atomic E-state index is 4.66. The number of hydrogen-bond donors (Lipinski definition) is 1. The van der Waals surface area contributed by atoms with Gasteiger partial charge < -0.3 is 9.88 Å². The van der Waals surface area contributed by atoms with E-state index in [0.29, 0.717) is 6.04 Å². The van der Waals surface area contributed by atoms with Crippen LogP contribution in [-0.4, -0.2) is 34.1 Å². The van der Waals surface area contributed by atoms with Crippen molar-refractivity contribution in [2.75, 3.05) is 19.6 Å². The summed E-state index contributed by atoms with van der Waals surface area (Å²) in [5.74, 6) is 1.14. The van der Waals surface area contributed by atoms with E-state index in [1.807, 2.05) is 6.20 Å². The van der Waals surface area contributed by atoms with Crippen LogP contribution in [0.15, 0.2) is 67.0 Å². The van der Waals surface area contributed by atoms with Crippen LogP contribution in [0.1, 0.15) is 35.5 Å². The van der Waals surface area contributed by atoms with Gasteiger partial charge in [-0.05, 0) is 23.1 Å². The predicted octanol–water partition coefficient (Wildman–Crippen LogP) is 3.64. The Balaban J connectivity index is 1.51. The second-order valence-electron chi connectivity index (χ2n) is 7.24. The van der Waals surface area contributed by atoms with E-state index in [0.717, 1.165) is 45.0 Å². The lowest BCUT2D eigenvalue weighted by Gasteiger charge is -2.36. The fourth-order valence-electron chi connectivity index (χ4n) is 3.84. The second kappa shape index (κ2) is 8.51. The van der Waals surface area contributed by atoms with Gasteiger partial charge in [-0.15, -0.1) is 0 Å². The van der Waals surface area contributed by atoms with E-state index in [1.54, 1.807) is 0 Å². The maximum Gasteiger partial charge on any atom is 0.123 e. The van der Waals surface area contributed by atoms with Gasteiger partial charge in [0.1, 0.15) is 5.82 Å². The van der Waals surface area contributed by atoms with Crippen LogP contribution in [0.2, 0.25) is 0 Å². The Labute approximate surface area is 161 Å². The van der Waals surface area contributed by atoms with Crippen LogP contribution in [0.5, 0.6) is 0 Å². The van der Waals surface area contributed by atoms with Crippen LogP contribution in [0.4, 0.5) is 0 Å². The Bertz CT molecular complexity index is 838. The van der Waals surface area contributed by atoms with E-state index >= 15 is 0 Å². The summed E-state index contributed by atoms with van der Waals surface area (Å²) in [5, 5.41) is 3.56. The molecule has 140 valence electrons. The summed E-state index contributed by atoms with van der Waals surface area (Å²) in [5.41, 5.74) is 4.09. The van der Waals surface area contributed by atoms with E-state index in [2.05, 4.69) is 87.5 Å². The Hall–Kier alpha value is -2.43. The van der Waals surface area contributed by atoms with Crippen molar-refractivity contribution in [1.29, 1.82) is 0 Å². The summed E-state index contributed by atoms with van der Waals surface area (Å²) < 4.78 is 2.27. The van der Waals surface area contributed by atoms with Gasteiger partial charge in [0, 0.05) is 44.6 Å². The van der Waals surface area contributed by atoms with Crippen LogP contribution in [-0.2, 0) is 19.5 Å². The first-order valence-corrected chi connectivity index (χ1v) is 9.91. The lowest BCUT2D eigenvalue weighted by atomic mass is 10.0. The lowest BCUT2D eigenvalue weighted by molar-refractivity contribution is 0.148. The van der Waals surface area contributed by atoms with Crippen LogP contribution in [0.25, 0.3) is 0 Å². The molecule has 4 heteroatoms. The zero-order valence-corrected chi connectivity index (χ0v) is 16.0. The zero-order chi connectivity index (χ0) is 18.5. The molecular formula is C23H28N4. The molecule has 4 nitrogen and oxygen atoms in total. The maximum atomic E-state index is 4.66. The van der Waals surface area contributed by atoms with Gasteiger partial charge in [0.2, 0.25) is 0 Å². The molecule has 1 aliphatic rings. The molecule has 1 N–H and O–H groups in total. The Morgan fingerprint density at radius 1 is 1.00 bits per heavy atom. The van der Waals surface area contributed by atoms with Gasteiger partial charge >= 0.3 is 0 Å². The highest BCUT2D eigenvalue weighted by atomic mass is 15.2. The number of piperazine rings is 1. The number of benzene rings is 2. The summed E-state index contributed by atoms with van der Waals surface area (Å²) >= 11 is 0. The minimum absolute atomic E-state index is 0.395. The molecule has 1 saturated heterocycles. The quantitative estimate of drug-likeness (QED) is 0.729. The monoisotopic (exact) mass is 360 g/mol. The molecule has 1 fully saturated rings. The molecule has 0 amide bonds. The Morgan fingerprint density at radius 2 is 1.81 bits per heavy atom. The number of nitrogens with zero attached hydrogens (tertiary/aromatic N) is 3. The first kappa shape index (κ1) is 18.0.